The van der Waals surface area contributed by atoms with E-state index in [0.29, 0.717) is 40.6 Å². The highest BCUT2D eigenvalue weighted by atomic mass is 35.5. The molecule has 0 saturated carbocycles. The third kappa shape index (κ3) is 6.24. The summed E-state index contributed by atoms with van der Waals surface area (Å²) >= 11 is 6.08. The van der Waals surface area contributed by atoms with E-state index < -0.39 is 0 Å². The first-order valence-electron chi connectivity index (χ1n) is 10.1. The fourth-order valence-electron chi connectivity index (χ4n) is 3.16. The van der Waals surface area contributed by atoms with Gasteiger partial charge in [0, 0.05) is 35.4 Å². The third-order valence-electron chi connectivity index (χ3n) is 4.82. The summed E-state index contributed by atoms with van der Waals surface area (Å²) in [4.78, 5) is 34.0. The zero-order chi connectivity index (χ0) is 23.1. The van der Waals surface area contributed by atoms with E-state index in [-0.39, 0.29) is 24.4 Å². The fraction of sp³-hybridized carbons (Fsp3) is 0.261. The van der Waals surface area contributed by atoms with Crippen LogP contribution in [0.1, 0.15) is 29.3 Å². The van der Waals surface area contributed by atoms with Crippen LogP contribution >= 0.6 is 11.6 Å². The Bertz CT molecular complexity index is 1190. The summed E-state index contributed by atoms with van der Waals surface area (Å²) in [5.41, 5.74) is 8.73. The Morgan fingerprint density at radius 1 is 1.28 bits per heavy atom. The second-order valence-electron chi connectivity index (χ2n) is 7.39. The topological polar surface area (TPSA) is 115 Å². The molecule has 9 heteroatoms. The lowest BCUT2D eigenvalue weighted by molar-refractivity contribution is -0.120. The molecule has 2 heterocycles. The molecule has 32 heavy (non-hydrogen) atoms. The average Bonchev–Trinajstić information content (AvgIpc) is 2.76. The summed E-state index contributed by atoms with van der Waals surface area (Å²) in [6.07, 6.45) is 3.84. The van der Waals surface area contributed by atoms with Crippen LogP contribution < -0.4 is 16.6 Å². The molecule has 0 aliphatic heterocycles. The standard InChI is InChI=1S/C23H25ClN6O2/c1-15-13-28-30(10-8-19-5-3-4-9-26-19)23(32)20(15)12-22(31)27-14-17-11-18(24)6-7-21(17)29-16(2)25/h3-7,9,11,13H,8,10,12,14H2,1-2H3,(H2,25,29)(H,27,31). The van der Waals surface area contributed by atoms with Gasteiger partial charge in [0.15, 0.2) is 0 Å². The maximum Gasteiger partial charge on any atom is 0.270 e. The van der Waals surface area contributed by atoms with Crippen LogP contribution in [0.5, 0.6) is 0 Å². The number of aliphatic imine (C=N–C) groups is 1. The van der Waals surface area contributed by atoms with Gasteiger partial charge in [0.25, 0.3) is 5.56 Å². The quantitative estimate of drug-likeness (QED) is 0.402. The molecule has 3 N–H and O–H groups in total. The van der Waals surface area contributed by atoms with Gasteiger partial charge in [0.2, 0.25) is 5.91 Å². The van der Waals surface area contributed by atoms with Gasteiger partial charge >= 0.3 is 0 Å². The van der Waals surface area contributed by atoms with Crippen molar-refractivity contribution in [2.24, 2.45) is 10.7 Å². The molecular formula is C23H25ClN6O2. The minimum Gasteiger partial charge on any atom is -0.387 e. The molecule has 1 amide bonds. The Hall–Kier alpha value is -3.52. The van der Waals surface area contributed by atoms with E-state index in [2.05, 4.69) is 20.4 Å². The first-order valence-corrected chi connectivity index (χ1v) is 10.5. The Kier molecular flexibility index (Phi) is 7.72. The van der Waals surface area contributed by atoms with Crippen molar-refractivity contribution >= 4 is 29.0 Å². The van der Waals surface area contributed by atoms with Gasteiger partial charge in [-0.1, -0.05) is 17.7 Å². The van der Waals surface area contributed by atoms with E-state index in [1.54, 1.807) is 44.4 Å². The van der Waals surface area contributed by atoms with E-state index in [0.717, 1.165) is 11.3 Å². The minimum absolute atomic E-state index is 0.0497. The summed E-state index contributed by atoms with van der Waals surface area (Å²) in [6.45, 7) is 4.05. The number of halogens is 1. The molecular weight excluding hydrogens is 428 g/mol. The van der Waals surface area contributed by atoms with E-state index in [9.17, 15) is 9.59 Å². The molecule has 0 aliphatic carbocycles. The highest BCUT2D eigenvalue weighted by molar-refractivity contribution is 6.30. The molecule has 0 aliphatic rings. The molecule has 1 aromatic carbocycles. The van der Waals surface area contributed by atoms with Gasteiger partial charge in [-0.3, -0.25) is 14.6 Å². The van der Waals surface area contributed by atoms with Crippen molar-refractivity contribution in [1.82, 2.24) is 20.1 Å². The van der Waals surface area contributed by atoms with Gasteiger partial charge in [-0.2, -0.15) is 5.10 Å². The largest absolute Gasteiger partial charge is 0.387 e. The van der Waals surface area contributed by atoms with Crippen molar-refractivity contribution in [2.45, 2.75) is 39.8 Å². The van der Waals surface area contributed by atoms with Crippen LogP contribution in [0.25, 0.3) is 0 Å². The van der Waals surface area contributed by atoms with Crippen LogP contribution in [-0.4, -0.2) is 26.5 Å². The lowest BCUT2D eigenvalue weighted by Gasteiger charge is -2.11. The SMILES string of the molecule is CC(N)=Nc1ccc(Cl)cc1CNC(=O)Cc1c(C)cnn(CCc2ccccn2)c1=O. The van der Waals surface area contributed by atoms with Crippen LogP contribution in [0.15, 0.2) is 58.6 Å². The van der Waals surface area contributed by atoms with Gasteiger partial charge in [-0.15, -0.1) is 0 Å². The summed E-state index contributed by atoms with van der Waals surface area (Å²) in [5, 5.41) is 7.57. The maximum atomic E-state index is 12.9. The Morgan fingerprint density at radius 3 is 2.81 bits per heavy atom. The average molecular weight is 453 g/mol. The number of pyridine rings is 1. The van der Waals surface area contributed by atoms with E-state index in [1.165, 1.54) is 4.68 Å². The van der Waals surface area contributed by atoms with Gasteiger partial charge in [0.05, 0.1) is 30.7 Å². The second-order valence-corrected chi connectivity index (χ2v) is 7.82. The summed E-state index contributed by atoms with van der Waals surface area (Å²) in [6, 6.07) is 10.8. The molecule has 166 valence electrons. The Morgan fingerprint density at radius 2 is 2.09 bits per heavy atom. The molecule has 0 bridgehead atoms. The number of amides is 1. The number of aromatic nitrogens is 3. The van der Waals surface area contributed by atoms with Gasteiger partial charge in [-0.25, -0.2) is 9.67 Å². The van der Waals surface area contributed by atoms with E-state index >= 15 is 0 Å². The second kappa shape index (κ2) is 10.7. The molecule has 3 aromatic rings. The summed E-state index contributed by atoms with van der Waals surface area (Å²) in [7, 11) is 0. The maximum absolute atomic E-state index is 12.9. The first-order chi connectivity index (χ1) is 15.3. The summed E-state index contributed by atoms with van der Waals surface area (Å²) < 4.78 is 1.37. The summed E-state index contributed by atoms with van der Waals surface area (Å²) in [5.74, 6) is 0.116. The van der Waals surface area contributed by atoms with Crippen molar-refractivity contribution in [3.63, 3.8) is 0 Å². The monoisotopic (exact) mass is 452 g/mol. The lowest BCUT2D eigenvalue weighted by Crippen LogP contribution is -2.32. The number of benzene rings is 1. The van der Waals surface area contributed by atoms with Gasteiger partial charge < -0.3 is 11.1 Å². The number of amidine groups is 1. The minimum atomic E-state index is -0.285. The number of hydrogen-bond donors (Lipinski definition) is 2. The van der Waals surface area contributed by atoms with E-state index in [1.807, 2.05) is 18.2 Å². The highest BCUT2D eigenvalue weighted by Crippen LogP contribution is 2.23. The lowest BCUT2D eigenvalue weighted by atomic mass is 10.1. The molecule has 0 radical (unpaired) electrons. The molecule has 2 aromatic heterocycles. The van der Waals surface area contributed by atoms with Crippen molar-refractivity contribution in [3.05, 3.63) is 86.6 Å². The van der Waals surface area contributed by atoms with Crippen molar-refractivity contribution in [3.8, 4) is 0 Å². The smallest absolute Gasteiger partial charge is 0.270 e. The molecule has 0 saturated heterocycles. The van der Waals surface area contributed by atoms with Crippen LogP contribution in [0, 0.1) is 6.92 Å². The van der Waals surface area contributed by atoms with Gasteiger partial charge in [0.1, 0.15) is 0 Å². The molecule has 0 spiro atoms. The van der Waals surface area contributed by atoms with Crippen LogP contribution in [-0.2, 0) is 30.7 Å². The van der Waals surface area contributed by atoms with Crippen LogP contribution in [0.2, 0.25) is 5.02 Å². The number of carbonyl (C=O) groups is 1. The molecule has 0 atom stereocenters. The predicted octanol–water partition coefficient (Wildman–Crippen LogP) is 2.71. The number of aryl methyl sites for hydroxylation is 3. The number of nitrogens with two attached hydrogens (primary N) is 1. The molecule has 0 fully saturated rings. The fourth-order valence-corrected chi connectivity index (χ4v) is 3.36. The number of nitrogens with zero attached hydrogens (tertiary/aromatic N) is 4. The Labute approximate surface area is 191 Å². The van der Waals surface area contributed by atoms with Crippen molar-refractivity contribution in [1.29, 1.82) is 0 Å². The normalized spacial score (nSPS) is 11.4. The number of nitrogens with one attached hydrogen (secondary N) is 1. The molecule has 0 unspecified atom stereocenters. The molecule has 8 nitrogen and oxygen atoms in total. The number of rotatable bonds is 8. The highest BCUT2D eigenvalue weighted by Gasteiger charge is 2.14. The van der Waals surface area contributed by atoms with Crippen LogP contribution in [0.3, 0.4) is 0 Å². The Balaban J connectivity index is 1.69. The van der Waals surface area contributed by atoms with Crippen LogP contribution in [0.4, 0.5) is 5.69 Å². The number of carbonyl (C=O) groups excluding carboxylic acids is 1. The zero-order valence-electron chi connectivity index (χ0n) is 18.0. The zero-order valence-corrected chi connectivity index (χ0v) is 18.8. The van der Waals surface area contributed by atoms with Crippen molar-refractivity contribution in [2.75, 3.05) is 0 Å². The van der Waals surface area contributed by atoms with Crippen molar-refractivity contribution < 1.29 is 4.79 Å². The third-order valence-corrected chi connectivity index (χ3v) is 5.05. The first kappa shape index (κ1) is 23.1. The van der Waals surface area contributed by atoms with Gasteiger partial charge in [-0.05, 0) is 55.3 Å². The molecule has 3 rings (SSSR count). The van der Waals surface area contributed by atoms with E-state index in [4.69, 9.17) is 17.3 Å². The number of hydrogen-bond acceptors (Lipinski definition) is 5. The predicted molar refractivity (Wildman–Crippen MR) is 125 cm³/mol.